The van der Waals surface area contributed by atoms with Crippen molar-refractivity contribution in [2.24, 2.45) is 0 Å². The van der Waals surface area contributed by atoms with Crippen molar-refractivity contribution in [2.75, 3.05) is 0 Å². The molecule has 2 heterocycles. The summed E-state index contributed by atoms with van der Waals surface area (Å²) in [5.74, 6) is 1.03. The van der Waals surface area contributed by atoms with Crippen molar-refractivity contribution in [3.8, 4) is 0 Å². The Labute approximate surface area is 89.0 Å². The Hall–Kier alpha value is -1.71. The van der Waals surface area contributed by atoms with Crippen LogP contribution < -0.4 is 0 Å². The molecule has 2 aromatic heterocycles. The lowest BCUT2D eigenvalue weighted by molar-refractivity contribution is 0.686. The topological polar surface area (TPSA) is 43.6 Å². The second-order valence-corrected chi connectivity index (χ2v) is 3.35. The molecule has 0 aliphatic rings. The van der Waals surface area contributed by atoms with Crippen molar-refractivity contribution >= 4 is 0 Å². The smallest absolute Gasteiger partial charge is 0.133 e. The third-order valence-electron chi connectivity index (χ3n) is 2.37. The first kappa shape index (κ1) is 9.83. The summed E-state index contributed by atoms with van der Waals surface area (Å²) < 4.78 is 2.06. The molecule has 2 rings (SSSR count). The van der Waals surface area contributed by atoms with Crippen LogP contribution in [0, 0.1) is 0 Å². The Bertz CT molecular complexity index is 408. The van der Waals surface area contributed by atoms with Crippen molar-refractivity contribution < 1.29 is 0 Å². The molecular formula is C11H14N4. The van der Waals surface area contributed by atoms with Gasteiger partial charge in [-0.25, -0.2) is 0 Å². The van der Waals surface area contributed by atoms with Gasteiger partial charge in [0.25, 0.3) is 0 Å². The first-order valence-corrected chi connectivity index (χ1v) is 5.16. The fraction of sp³-hybridized carbons (Fsp3) is 0.364. The van der Waals surface area contributed by atoms with Crippen LogP contribution in [0.25, 0.3) is 0 Å². The summed E-state index contributed by atoms with van der Waals surface area (Å²) in [6.07, 6.45) is 5.40. The van der Waals surface area contributed by atoms with E-state index >= 15 is 0 Å². The minimum absolute atomic E-state index is 0.894. The van der Waals surface area contributed by atoms with Crippen LogP contribution in [0.1, 0.15) is 18.4 Å². The van der Waals surface area contributed by atoms with E-state index in [1.807, 2.05) is 24.4 Å². The molecule has 0 aromatic carbocycles. The fourth-order valence-corrected chi connectivity index (χ4v) is 1.52. The lowest BCUT2D eigenvalue weighted by atomic mass is 10.2. The predicted molar refractivity (Wildman–Crippen MR) is 57.3 cm³/mol. The van der Waals surface area contributed by atoms with Crippen molar-refractivity contribution in [2.45, 2.75) is 26.3 Å². The van der Waals surface area contributed by atoms with Gasteiger partial charge in [-0.15, -0.1) is 10.2 Å². The van der Waals surface area contributed by atoms with Crippen LogP contribution in [0.5, 0.6) is 0 Å². The van der Waals surface area contributed by atoms with Gasteiger partial charge in [-0.1, -0.05) is 6.07 Å². The monoisotopic (exact) mass is 202 g/mol. The largest absolute Gasteiger partial charge is 0.318 e. The van der Waals surface area contributed by atoms with Crippen LogP contribution in [-0.2, 0) is 19.4 Å². The summed E-state index contributed by atoms with van der Waals surface area (Å²) in [5.41, 5.74) is 1.10. The minimum atomic E-state index is 0.894. The highest BCUT2D eigenvalue weighted by Crippen LogP contribution is 2.02. The Kier molecular flexibility index (Phi) is 3.07. The van der Waals surface area contributed by atoms with Crippen LogP contribution in [0.15, 0.2) is 30.7 Å². The maximum atomic E-state index is 4.28. The summed E-state index contributed by atoms with van der Waals surface area (Å²) in [7, 11) is 0. The lowest BCUT2D eigenvalue weighted by Crippen LogP contribution is -2.03. The van der Waals surface area contributed by atoms with Gasteiger partial charge in [0.1, 0.15) is 12.2 Å². The molecular weight excluding hydrogens is 188 g/mol. The Morgan fingerprint density at radius 2 is 2.20 bits per heavy atom. The van der Waals surface area contributed by atoms with Crippen molar-refractivity contribution in [3.05, 3.63) is 42.2 Å². The summed E-state index contributed by atoms with van der Waals surface area (Å²) in [6, 6.07) is 5.97. The zero-order valence-electron chi connectivity index (χ0n) is 8.80. The molecule has 4 heteroatoms. The van der Waals surface area contributed by atoms with Crippen LogP contribution in [0.4, 0.5) is 0 Å². The molecule has 0 spiro atoms. The maximum absolute atomic E-state index is 4.28. The molecule has 0 aliphatic carbocycles. The lowest BCUT2D eigenvalue weighted by Gasteiger charge is -2.02. The molecule has 0 unspecified atom stereocenters. The number of hydrogen-bond donors (Lipinski definition) is 0. The number of rotatable bonds is 4. The highest BCUT2D eigenvalue weighted by atomic mass is 15.3. The number of hydrogen-bond acceptors (Lipinski definition) is 3. The van der Waals surface area contributed by atoms with Crippen molar-refractivity contribution in [1.82, 2.24) is 19.7 Å². The van der Waals surface area contributed by atoms with Gasteiger partial charge in [-0.2, -0.15) is 0 Å². The second kappa shape index (κ2) is 4.68. The molecule has 15 heavy (non-hydrogen) atoms. The second-order valence-electron chi connectivity index (χ2n) is 3.35. The molecule has 2 aromatic rings. The quantitative estimate of drug-likeness (QED) is 0.754. The van der Waals surface area contributed by atoms with Gasteiger partial charge in [0.05, 0.1) is 0 Å². The van der Waals surface area contributed by atoms with Crippen LogP contribution in [0.3, 0.4) is 0 Å². The van der Waals surface area contributed by atoms with Crippen LogP contribution in [-0.4, -0.2) is 19.7 Å². The summed E-state index contributed by atoms with van der Waals surface area (Å²) >= 11 is 0. The Morgan fingerprint density at radius 1 is 1.27 bits per heavy atom. The maximum Gasteiger partial charge on any atom is 0.133 e. The molecule has 0 radical (unpaired) electrons. The van der Waals surface area contributed by atoms with E-state index in [0.717, 1.165) is 30.9 Å². The van der Waals surface area contributed by atoms with Gasteiger partial charge >= 0.3 is 0 Å². The molecule has 0 aliphatic heterocycles. The summed E-state index contributed by atoms with van der Waals surface area (Å²) in [4.78, 5) is 4.28. The number of aromatic nitrogens is 4. The third-order valence-corrected chi connectivity index (χ3v) is 2.37. The third kappa shape index (κ3) is 2.40. The molecule has 0 fully saturated rings. The van der Waals surface area contributed by atoms with Gasteiger partial charge in [-0.05, 0) is 25.5 Å². The van der Waals surface area contributed by atoms with E-state index in [4.69, 9.17) is 0 Å². The van der Waals surface area contributed by atoms with E-state index in [-0.39, 0.29) is 0 Å². The van der Waals surface area contributed by atoms with Crippen LogP contribution >= 0.6 is 0 Å². The molecule has 78 valence electrons. The highest BCUT2D eigenvalue weighted by Gasteiger charge is 2.02. The number of aryl methyl sites for hydroxylation is 3. The van der Waals surface area contributed by atoms with Gasteiger partial charge in [-0.3, -0.25) is 4.98 Å². The summed E-state index contributed by atoms with van der Waals surface area (Å²) in [6.45, 7) is 3.01. The normalized spacial score (nSPS) is 10.5. The average Bonchev–Trinajstić information content (AvgIpc) is 2.75. The zero-order chi connectivity index (χ0) is 10.5. The van der Waals surface area contributed by atoms with E-state index in [1.54, 1.807) is 6.33 Å². The standard InChI is InChI=1S/C11H14N4/c1-2-15-9-13-14-11(15)7-6-10-5-3-4-8-12-10/h3-5,8-9H,2,6-7H2,1H3. The zero-order valence-corrected chi connectivity index (χ0v) is 8.80. The first-order valence-electron chi connectivity index (χ1n) is 5.16. The molecule has 0 atom stereocenters. The minimum Gasteiger partial charge on any atom is -0.318 e. The number of pyridine rings is 1. The van der Waals surface area contributed by atoms with Gasteiger partial charge < -0.3 is 4.57 Å². The summed E-state index contributed by atoms with van der Waals surface area (Å²) in [5, 5.41) is 7.99. The van der Waals surface area contributed by atoms with E-state index in [2.05, 4.69) is 26.7 Å². The van der Waals surface area contributed by atoms with Crippen molar-refractivity contribution in [3.63, 3.8) is 0 Å². The van der Waals surface area contributed by atoms with E-state index in [9.17, 15) is 0 Å². The molecule has 0 saturated heterocycles. The van der Waals surface area contributed by atoms with E-state index < -0.39 is 0 Å². The SMILES string of the molecule is CCn1cnnc1CCc1ccccn1. The van der Waals surface area contributed by atoms with E-state index in [0.29, 0.717) is 0 Å². The first-order chi connectivity index (χ1) is 7.40. The van der Waals surface area contributed by atoms with Gasteiger partial charge in [0.15, 0.2) is 0 Å². The molecule has 0 bridgehead atoms. The predicted octanol–water partition coefficient (Wildman–Crippen LogP) is 1.48. The molecule has 0 saturated carbocycles. The Balaban J connectivity index is 1.99. The Morgan fingerprint density at radius 3 is 2.93 bits per heavy atom. The molecule has 0 amide bonds. The van der Waals surface area contributed by atoms with Gasteiger partial charge in [0.2, 0.25) is 0 Å². The highest BCUT2D eigenvalue weighted by molar-refractivity contribution is 5.05. The van der Waals surface area contributed by atoms with Gasteiger partial charge in [0, 0.05) is 24.9 Å². The van der Waals surface area contributed by atoms with Crippen LogP contribution in [0.2, 0.25) is 0 Å². The molecule has 4 nitrogen and oxygen atoms in total. The number of nitrogens with zero attached hydrogens (tertiary/aromatic N) is 4. The average molecular weight is 202 g/mol. The molecule has 0 N–H and O–H groups in total. The van der Waals surface area contributed by atoms with E-state index in [1.165, 1.54) is 0 Å². The van der Waals surface area contributed by atoms with Crippen molar-refractivity contribution in [1.29, 1.82) is 0 Å². The fourth-order valence-electron chi connectivity index (χ4n) is 1.52.